The van der Waals surface area contributed by atoms with E-state index in [1.807, 2.05) is 5.32 Å². The lowest BCUT2D eigenvalue weighted by Crippen LogP contribution is -2.43. The second kappa shape index (κ2) is 6.93. The first-order valence-electron chi connectivity index (χ1n) is 6.44. The van der Waals surface area contributed by atoms with Gasteiger partial charge in [0.15, 0.2) is 6.10 Å². The first-order valence-corrected chi connectivity index (χ1v) is 7.64. The molecule has 2 aromatic rings. The van der Waals surface area contributed by atoms with Gasteiger partial charge in [-0.3, -0.25) is 10.1 Å². The molecule has 23 heavy (non-hydrogen) atoms. The molecular formula is C14H12ClFN2O4S. The van der Waals surface area contributed by atoms with Crippen LogP contribution in [0.2, 0.25) is 5.02 Å². The summed E-state index contributed by atoms with van der Waals surface area (Å²) in [7, 11) is 1.34. The van der Waals surface area contributed by atoms with Crippen molar-refractivity contribution in [3.05, 3.63) is 33.9 Å². The van der Waals surface area contributed by atoms with Crippen LogP contribution >= 0.6 is 22.9 Å². The Bertz CT molecular complexity index is 792. The topological polar surface area (TPSA) is 84.5 Å². The van der Waals surface area contributed by atoms with Gasteiger partial charge in [0.25, 0.3) is 5.91 Å². The second-order valence-corrected chi connectivity index (χ2v) is 5.93. The van der Waals surface area contributed by atoms with E-state index in [1.54, 1.807) is 0 Å². The van der Waals surface area contributed by atoms with E-state index >= 15 is 0 Å². The van der Waals surface area contributed by atoms with Gasteiger partial charge in [-0.1, -0.05) is 11.6 Å². The molecule has 0 aliphatic rings. The summed E-state index contributed by atoms with van der Waals surface area (Å²) >= 11 is 7.06. The summed E-state index contributed by atoms with van der Waals surface area (Å²) < 4.78 is 18.7. The van der Waals surface area contributed by atoms with Crippen LogP contribution in [-0.2, 0) is 9.53 Å². The zero-order valence-electron chi connectivity index (χ0n) is 12.1. The Hall–Kier alpha value is -2.19. The maximum atomic E-state index is 13.2. The third kappa shape index (κ3) is 3.77. The molecule has 1 atom stereocenters. The SMILES string of the molecule is CNC(=O)NC(=O)C(C)OC(=O)c1sc2cc(F)ccc2c1Cl. The number of rotatable bonds is 3. The number of halogens is 2. The molecule has 2 rings (SSSR count). The normalized spacial score (nSPS) is 11.8. The highest BCUT2D eigenvalue weighted by Gasteiger charge is 2.24. The molecule has 9 heteroatoms. The van der Waals surface area contributed by atoms with Crippen LogP contribution in [0.3, 0.4) is 0 Å². The minimum absolute atomic E-state index is 0.0619. The lowest BCUT2D eigenvalue weighted by Gasteiger charge is -2.12. The zero-order valence-corrected chi connectivity index (χ0v) is 13.7. The predicted octanol–water partition coefficient (Wildman–Crippen LogP) is 2.69. The number of urea groups is 1. The number of nitrogens with one attached hydrogen (secondary N) is 2. The fourth-order valence-electron chi connectivity index (χ4n) is 1.71. The number of carbonyl (C=O) groups is 3. The number of hydrogen-bond donors (Lipinski definition) is 2. The van der Waals surface area contributed by atoms with E-state index in [2.05, 4.69) is 5.32 Å². The minimum atomic E-state index is -1.20. The Morgan fingerprint density at radius 3 is 2.70 bits per heavy atom. The summed E-state index contributed by atoms with van der Waals surface area (Å²) in [6.45, 7) is 1.32. The molecule has 0 aliphatic heterocycles. The van der Waals surface area contributed by atoms with Crippen LogP contribution in [0, 0.1) is 5.82 Å². The van der Waals surface area contributed by atoms with Crippen LogP contribution in [0.15, 0.2) is 18.2 Å². The van der Waals surface area contributed by atoms with Gasteiger partial charge in [-0.05, 0) is 25.1 Å². The molecule has 0 fully saturated rings. The highest BCUT2D eigenvalue weighted by atomic mass is 35.5. The van der Waals surface area contributed by atoms with Gasteiger partial charge in [-0.15, -0.1) is 11.3 Å². The fraction of sp³-hybridized carbons (Fsp3) is 0.214. The standard InChI is InChI=1S/C14H12ClFN2O4S/c1-6(12(19)18-14(21)17-2)22-13(20)11-10(15)8-4-3-7(16)5-9(8)23-11/h3-6H,1-2H3,(H2,17,18,19,21). The molecule has 2 N–H and O–H groups in total. The van der Waals surface area contributed by atoms with E-state index in [0.29, 0.717) is 10.1 Å². The van der Waals surface area contributed by atoms with Crippen molar-refractivity contribution in [3.63, 3.8) is 0 Å². The molecule has 122 valence electrons. The number of imide groups is 1. The number of hydrogen-bond acceptors (Lipinski definition) is 5. The van der Waals surface area contributed by atoms with Gasteiger partial charge < -0.3 is 10.1 Å². The third-order valence-electron chi connectivity index (χ3n) is 2.89. The maximum Gasteiger partial charge on any atom is 0.350 e. The lowest BCUT2D eigenvalue weighted by molar-refractivity contribution is -0.127. The van der Waals surface area contributed by atoms with Gasteiger partial charge in [0.2, 0.25) is 0 Å². The Morgan fingerprint density at radius 2 is 2.04 bits per heavy atom. The lowest BCUT2D eigenvalue weighted by atomic mass is 10.2. The van der Waals surface area contributed by atoms with Crippen LogP contribution in [0.1, 0.15) is 16.6 Å². The quantitative estimate of drug-likeness (QED) is 0.826. The molecule has 0 radical (unpaired) electrons. The Kier molecular flexibility index (Phi) is 5.17. The number of carbonyl (C=O) groups excluding carboxylic acids is 3. The van der Waals surface area contributed by atoms with Crippen LogP contribution in [-0.4, -0.2) is 31.1 Å². The molecule has 1 heterocycles. The molecule has 1 unspecified atom stereocenters. The van der Waals surface area contributed by atoms with Crippen molar-refractivity contribution in [2.75, 3.05) is 7.05 Å². The molecule has 1 aromatic heterocycles. The van der Waals surface area contributed by atoms with Gasteiger partial charge in [0, 0.05) is 17.1 Å². The van der Waals surface area contributed by atoms with E-state index in [-0.39, 0.29) is 9.90 Å². The number of thiophene rings is 1. The van der Waals surface area contributed by atoms with Crippen LogP contribution in [0.4, 0.5) is 9.18 Å². The summed E-state index contributed by atoms with van der Waals surface area (Å²) in [5.74, 6) is -2.05. The van der Waals surface area contributed by atoms with Crippen LogP contribution in [0.25, 0.3) is 10.1 Å². The predicted molar refractivity (Wildman–Crippen MR) is 84.3 cm³/mol. The van der Waals surface area contributed by atoms with E-state index in [9.17, 15) is 18.8 Å². The van der Waals surface area contributed by atoms with E-state index < -0.39 is 29.8 Å². The minimum Gasteiger partial charge on any atom is -0.448 e. The van der Waals surface area contributed by atoms with E-state index in [0.717, 1.165) is 11.3 Å². The molecule has 3 amide bonds. The van der Waals surface area contributed by atoms with Crippen molar-refractivity contribution in [1.82, 2.24) is 10.6 Å². The number of benzene rings is 1. The van der Waals surface area contributed by atoms with Crippen LogP contribution < -0.4 is 10.6 Å². The van der Waals surface area contributed by atoms with Crippen molar-refractivity contribution in [2.24, 2.45) is 0 Å². The van der Waals surface area contributed by atoms with E-state index in [4.69, 9.17) is 16.3 Å². The third-order valence-corrected chi connectivity index (χ3v) is 4.53. The molecule has 6 nitrogen and oxygen atoms in total. The first kappa shape index (κ1) is 17.2. The molecule has 0 saturated carbocycles. The number of esters is 1. The van der Waals surface area contributed by atoms with Gasteiger partial charge in [0.1, 0.15) is 10.7 Å². The van der Waals surface area contributed by atoms with E-state index in [1.165, 1.54) is 32.2 Å². The number of amides is 3. The average molecular weight is 359 g/mol. The van der Waals surface area contributed by atoms with Gasteiger partial charge in [0.05, 0.1) is 5.02 Å². The monoisotopic (exact) mass is 358 g/mol. The second-order valence-electron chi connectivity index (χ2n) is 4.50. The molecule has 0 aliphatic carbocycles. The summed E-state index contributed by atoms with van der Waals surface area (Å²) in [6, 6.07) is 3.23. The summed E-state index contributed by atoms with van der Waals surface area (Å²) in [5, 5.41) is 4.85. The van der Waals surface area contributed by atoms with Gasteiger partial charge in [-0.25, -0.2) is 14.0 Å². The van der Waals surface area contributed by atoms with Crippen molar-refractivity contribution in [1.29, 1.82) is 0 Å². The average Bonchev–Trinajstić information content (AvgIpc) is 2.83. The van der Waals surface area contributed by atoms with Gasteiger partial charge in [-0.2, -0.15) is 0 Å². The maximum absolute atomic E-state index is 13.2. The highest BCUT2D eigenvalue weighted by molar-refractivity contribution is 7.21. The molecule has 0 spiro atoms. The van der Waals surface area contributed by atoms with Crippen LogP contribution in [0.5, 0.6) is 0 Å². The smallest absolute Gasteiger partial charge is 0.350 e. The zero-order chi connectivity index (χ0) is 17.1. The molecule has 1 aromatic carbocycles. The van der Waals surface area contributed by atoms with Crippen molar-refractivity contribution in [3.8, 4) is 0 Å². The largest absolute Gasteiger partial charge is 0.448 e. The van der Waals surface area contributed by atoms with Crippen molar-refractivity contribution < 1.29 is 23.5 Å². The molecule has 0 saturated heterocycles. The molecule has 0 bridgehead atoms. The Labute approximate surface area is 139 Å². The Balaban J connectivity index is 2.16. The molecular weight excluding hydrogens is 347 g/mol. The first-order chi connectivity index (χ1) is 10.8. The Morgan fingerprint density at radius 1 is 1.35 bits per heavy atom. The van der Waals surface area contributed by atoms with Gasteiger partial charge >= 0.3 is 12.0 Å². The summed E-state index contributed by atoms with van der Waals surface area (Å²) in [6.07, 6.45) is -1.20. The number of fused-ring (bicyclic) bond motifs is 1. The highest BCUT2D eigenvalue weighted by Crippen LogP contribution is 2.36. The van der Waals surface area contributed by atoms with Crippen molar-refractivity contribution >= 4 is 50.9 Å². The number of ether oxygens (including phenoxy) is 1. The fourth-order valence-corrected chi connectivity index (χ4v) is 3.13. The van der Waals surface area contributed by atoms with Crippen molar-refractivity contribution in [2.45, 2.75) is 13.0 Å². The summed E-state index contributed by atoms with van der Waals surface area (Å²) in [5.41, 5.74) is 0. The summed E-state index contributed by atoms with van der Waals surface area (Å²) in [4.78, 5) is 34.9.